The van der Waals surface area contributed by atoms with Crippen LogP contribution >= 0.6 is 11.3 Å². The summed E-state index contributed by atoms with van der Waals surface area (Å²) in [5, 5.41) is 8.82. The maximum Gasteiger partial charge on any atom is 0.417 e. The van der Waals surface area contributed by atoms with E-state index in [0.29, 0.717) is 17.1 Å². The quantitative estimate of drug-likeness (QED) is 0.727. The summed E-state index contributed by atoms with van der Waals surface area (Å²) in [7, 11) is 2.87. The Morgan fingerprint density at radius 2 is 1.92 bits per heavy atom. The van der Waals surface area contributed by atoms with Gasteiger partial charge in [0.2, 0.25) is 0 Å². The molecule has 26 heavy (non-hydrogen) atoms. The molecule has 0 aliphatic rings. The Hall–Kier alpha value is -2.99. The molecule has 0 spiro atoms. The van der Waals surface area contributed by atoms with Crippen LogP contribution in [0.3, 0.4) is 0 Å². The van der Waals surface area contributed by atoms with Crippen molar-refractivity contribution in [2.75, 3.05) is 20.0 Å². The number of thiophene rings is 1. The standard InChI is InChI=1S/C17H12F3N3O2S/c1-24-8-3-4-9(12(5-8)25-2)11-6-10(17(18,19)20)14-15(22)13(7-21)26-16(14)23-11/h3-6H,22H2,1-2H3. The molecule has 9 heteroatoms. The topological polar surface area (TPSA) is 81.2 Å². The summed E-state index contributed by atoms with van der Waals surface area (Å²) in [4.78, 5) is 4.32. The lowest BCUT2D eigenvalue weighted by Crippen LogP contribution is -2.07. The van der Waals surface area contributed by atoms with E-state index in [0.717, 1.165) is 17.4 Å². The zero-order valence-electron chi connectivity index (χ0n) is 13.6. The number of nitrogens with two attached hydrogens (primary N) is 1. The van der Waals surface area contributed by atoms with Crippen molar-refractivity contribution in [3.8, 4) is 28.8 Å². The molecule has 0 bridgehead atoms. The van der Waals surface area contributed by atoms with Crippen molar-refractivity contribution in [1.82, 2.24) is 4.98 Å². The average molecular weight is 379 g/mol. The number of methoxy groups -OCH3 is 2. The molecule has 0 fully saturated rings. The van der Waals surface area contributed by atoms with E-state index in [1.54, 1.807) is 24.3 Å². The number of fused-ring (bicyclic) bond motifs is 1. The van der Waals surface area contributed by atoms with Gasteiger partial charge in [-0.15, -0.1) is 11.3 Å². The van der Waals surface area contributed by atoms with Gasteiger partial charge in [0.1, 0.15) is 27.3 Å². The number of rotatable bonds is 3. The third kappa shape index (κ3) is 2.88. The first-order valence-electron chi connectivity index (χ1n) is 7.22. The lowest BCUT2D eigenvalue weighted by molar-refractivity contribution is -0.136. The van der Waals surface area contributed by atoms with Crippen LogP contribution in [-0.4, -0.2) is 19.2 Å². The van der Waals surface area contributed by atoms with Gasteiger partial charge in [-0.3, -0.25) is 0 Å². The highest BCUT2D eigenvalue weighted by atomic mass is 32.1. The minimum atomic E-state index is -4.66. The number of nitriles is 1. The van der Waals surface area contributed by atoms with E-state index in [2.05, 4.69) is 4.98 Å². The summed E-state index contributed by atoms with van der Waals surface area (Å²) >= 11 is 0.821. The third-order valence-corrected chi connectivity index (χ3v) is 4.79. The van der Waals surface area contributed by atoms with Crippen LogP contribution in [0.15, 0.2) is 24.3 Å². The number of aromatic nitrogens is 1. The number of anilines is 1. The van der Waals surface area contributed by atoms with Crippen LogP contribution in [0.5, 0.6) is 11.5 Å². The summed E-state index contributed by atoms with van der Waals surface area (Å²) in [6.45, 7) is 0. The van der Waals surface area contributed by atoms with Gasteiger partial charge in [0.05, 0.1) is 31.2 Å². The number of nitrogen functional groups attached to an aromatic ring is 1. The number of hydrogen-bond donors (Lipinski definition) is 1. The lowest BCUT2D eigenvalue weighted by atomic mass is 10.0. The molecule has 2 N–H and O–H groups in total. The van der Waals surface area contributed by atoms with E-state index in [-0.39, 0.29) is 26.5 Å². The van der Waals surface area contributed by atoms with Gasteiger partial charge in [-0.2, -0.15) is 18.4 Å². The number of nitrogens with zero attached hydrogens (tertiary/aromatic N) is 2. The molecule has 0 radical (unpaired) electrons. The maximum atomic E-state index is 13.6. The summed E-state index contributed by atoms with van der Waals surface area (Å²) < 4.78 is 51.1. The van der Waals surface area contributed by atoms with Gasteiger partial charge in [0.25, 0.3) is 0 Å². The Bertz CT molecular complexity index is 1040. The highest BCUT2D eigenvalue weighted by Gasteiger charge is 2.36. The molecule has 1 aromatic carbocycles. The van der Waals surface area contributed by atoms with E-state index in [1.807, 2.05) is 0 Å². The molecule has 0 aliphatic carbocycles. The van der Waals surface area contributed by atoms with Crippen molar-refractivity contribution in [2.24, 2.45) is 0 Å². The SMILES string of the molecule is COc1ccc(-c2cc(C(F)(F)F)c3c(N)c(C#N)sc3n2)c(OC)c1. The summed E-state index contributed by atoms with van der Waals surface area (Å²) in [5.41, 5.74) is 5.02. The molecule has 0 saturated carbocycles. The van der Waals surface area contributed by atoms with Crippen molar-refractivity contribution >= 4 is 27.2 Å². The third-order valence-electron chi connectivity index (χ3n) is 3.79. The zero-order chi connectivity index (χ0) is 19.1. The molecule has 134 valence electrons. The lowest BCUT2D eigenvalue weighted by Gasteiger charge is -2.13. The minimum Gasteiger partial charge on any atom is -0.497 e. The number of halogens is 3. The highest BCUT2D eigenvalue weighted by molar-refractivity contribution is 7.19. The predicted octanol–water partition coefficient (Wildman–Crippen LogP) is 4.45. The number of alkyl halides is 3. The first-order chi connectivity index (χ1) is 12.3. The zero-order valence-corrected chi connectivity index (χ0v) is 14.5. The van der Waals surface area contributed by atoms with Crippen LogP contribution < -0.4 is 15.2 Å². The molecular formula is C17H12F3N3O2S. The van der Waals surface area contributed by atoms with Gasteiger partial charge in [-0.1, -0.05) is 0 Å². The second-order valence-electron chi connectivity index (χ2n) is 5.26. The molecule has 0 saturated heterocycles. The molecule has 5 nitrogen and oxygen atoms in total. The fraction of sp³-hybridized carbons (Fsp3) is 0.176. The number of hydrogen-bond acceptors (Lipinski definition) is 6. The first-order valence-corrected chi connectivity index (χ1v) is 8.04. The van der Waals surface area contributed by atoms with Crippen molar-refractivity contribution in [1.29, 1.82) is 5.26 Å². The van der Waals surface area contributed by atoms with Crippen LogP contribution in [0.4, 0.5) is 18.9 Å². The molecule has 0 unspecified atom stereocenters. The van der Waals surface area contributed by atoms with E-state index in [4.69, 9.17) is 20.5 Å². The first kappa shape index (κ1) is 17.8. The van der Waals surface area contributed by atoms with E-state index >= 15 is 0 Å². The molecule has 0 amide bonds. The highest BCUT2D eigenvalue weighted by Crippen LogP contribution is 2.44. The maximum absolute atomic E-state index is 13.6. The smallest absolute Gasteiger partial charge is 0.417 e. The molecule has 0 atom stereocenters. The van der Waals surface area contributed by atoms with Crippen LogP contribution in [0.1, 0.15) is 10.4 Å². The number of pyridine rings is 1. The molecule has 3 aromatic rings. The van der Waals surface area contributed by atoms with Gasteiger partial charge < -0.3 is 15.2 Å². The summed E-state index contributed by atoms with van der Waals surface area (Å²) in [6.07, 6.45) is -4.66. The molecule has 3 rings (SSSR count). The Balaban J connectivity index is 2.34. The van der Waals surface area contributed by atoms with Crippen LogP contribution in [0, 0.1) is 11.3 Å². The van der Waals surface area contributed by atoms with Crippen molar-refractivity contribution in [3.05, 3.63) is 34.7 Å². The van der Waals surface area contributed by atoms with Gasteiger partial charge in [0, 0.05) is 17.0 Å². The van der Waals surface area contributed by atoms with Crippen LogP contribution in [0.25, 0.3) is 21.5 Å². The van der Waals surface area contributed by atoms with Gasteiger partial charge in [0.15, 0.2) is 0 Å². The van der Waals surface area contributed by atoms with E-state index < -0.39 is 11.7 Å². The molecular weight excluding hydrogens is 367 g/mol. The second kappa shape index (κ2) is 6.38. The van der Waals surface area contributed by atoms with Gasteiger partial charge in [-0.05, 0) is 18.2 Å². The fourth-order valence-electron chi connectivity index (χ4n) is 2.58. The normalized spacial score (nSPS) is 11.4. The van der Waals surface area contributed by atoms with Crippen molar-refractivity contribution < 1.29 is 22.6 Å². The molecule has 2 heterocycles. The average Bonchev–Trinajstić information content (AvgIpc) is 2.95. The van der Waals surface area contributed by atoms with Gasteiger partial charge >= 0.3 is 6.18 Å². The Labute approximate surface area is 150 Å². The van der Waals surface area contributed by atoms with Crippen molar-refractivity contribution in [2.45, 2.75) is 6.18 Å². The predicted molar refractivity (Wildman–Crippen MR) is 92.3 cm³/mol. The molecule has 0 aliphatic heterocycles. The minimum absolute atomic E-state index is 0.00292. The number of benzene rings is 1. The Morgan fingerprint density at radius 3 is 2.50 bits per heavy atom. The van der Waals surface area contributed by atoms with Crippen molar-refractivity contribution in [3.63, 3.8) is 0 Å². The van der Waals surface area contributed by atoms with Gasteiger partial charge in [-0.25, -0.2) is 4.98 Å². The Morgan fingerprint density at radius 1 is 1.19 bits per heavy atom. The van der Waals surface area contributed by atoms with E-state index in [9.17, 15) is 13.2 Å². The largest absolute Gasteiger partial charge is 0.497 e. The number of ether oxygens (including phenoxy) is 2. The van der Waals surface area contributed by atoms with Crippen LogP contribution in [-0.2, 0) is 6.18 Å². The Kier molecular flexibility index (Phi) is 4.38. The fourth-order valence-corrected chi connectivity index (χ4v) is 3.49. The van der Waals surface area contributed by atoms with E-state index in [1.165, 1.54) is 14.2 Å². The summed E-state index contributed by atoms with van der Waals surface area (Å²) in [5.74, 6) is 0.809. The van der Waals surface area contributed by atoms with Crippen LogP contribution in [0.2, 0.25) is 0 Å². The summed E-state index contributed by atoms with van der Waals surface area (Å²) in [6, 6.07) is 7.43. The monoisotopic (exact) mass is 379 g/mol. The second-order valence-corrected chi connectivity index (χ2v) is 6.25. The molecule has 2 aromatic heterocycles.